The van der Waals surface area contributed by atoms with E-state index < -0.39 is 28.8 Å². The number of guanidine groups is 1. The van der Waals surface area contributed by atoms with Crippen LogP contribution in [0.1, 0.15) is 93.5 Å². The van der Waals surface area contributed by atoms with Crippen LogP contribution in [-0.2, 0) is 11.2 Å². The van der Waals surface area contributed by atoms with Crippen LogP contribution in [0.5, 0.6) is 5.75 Å². The Labute approximate surface area is 224 Å². The van der Waals surface area contributed by atoms with Crippen LogP contribution in [0.4, 0.5) is 0 Å². The highest BCUT2D eigenvalue weighted by Gasteiger charge is 2.47. The minimum atomic E-state index is -1.10. The summed E-state index contributed by atoms with van der Waals surface area (Å²) in [4.78, 5) is 28.5. The SMILES string of the molecule is CC(C)C1(C)CC(=O)N([C@@H]2CC(C)(C)Oc3ccc(C(=O)N[C@@H]4c5ccccc5CC4(C)O)cc32)C(=N)N1. The molecular weight excluding hydrogens is 480 g/mol. The Bertz CT molecular complexity index is 1300. The number of hydrogen-bond acceptors (Lipinski definition) is 5. The second-order valence-electron chi connectivity index (χ2n) is 12.5. The molecule has 1 aliphatic carbocycles. The number of amides is 2. The van der Waals surface area contributed by atoms with Crippen molar-refractivity contribution in [2.24, 2.45) is 5.92 Å². The molecule has 2 amide bonds. The van der Waals surface area contributed by atoms with Crippen LogP contribution in [0, 0.1) is 11.3 Å². The summed E-state index contributed by atoms with van der Waals surface area (Å²) < 4.78 is 6.24. The zero-order chi connectivity index (χ0) is 27.6. The molecule has 0 radical (unpaired) electrons. The fraction of sp³-hybridized carbons (Fsp3) is 0.500. The molecule has 0 saturated carbocycles. The van der Waals surface area contributed by atoms with Gasteiger partial charge in [0, 0.05) is 29.5 Å². The third-order valence-corrected chi connectivity index (χ3v) is 8.53. The maximum absolute atomic E-state index is 13.5. The molecule has 1 fully saturated rings. The second-order valence-corrected chi connectivity index (χ2v) is 12.5. The Morgan fingerprint density at radius 2 is 1.84 bits per heavy atom. The van der Waals surface area contributed by atoms with Crippen molar-refractivity contribution in [2.45, 2.75) is 89.6 Å². The minimum Gasteiger partial charge on any atom is -0.487 e. The highest BCUT2D eigenvalue weighted by atomic mass is 16.5. The fourth-order valence-corrected chi connectivity index (χ4v) is 6.01. The summed E-state index contributed by atoms with van der Waals surface area (Å²) in [5.41, 5.74) is 0.882. The van der Waals surface area contributed by atoms with Gasteiger partial charge in [0.2, 0.25) is 5.91 Å². The molecule has 38 heavy (non-hydrogen) atoms. The lowest BCUT2D eigenvalue weighted by Crippen LogP contribution is -2.64. The molecule has 2 aromatic carbocycles. The molecular formula is C30H38N4O4. The first kappa shape index (κ1) is 26.2. The number of fused-ring (bicyclic) bond motifs is 2. The van der Waals surface area contributed by atoms with Gasteiger partial charge in [-0.3, -0.25) is 19.9 Å². The van der Waals surface area contributed by atoms with Gasteiger partial charge in [-0.15, -0.1) is 0 Å². The van der Waals surface area contributed by atoms with Gasteiger partial charge in [0.15, 0.2) is 5.96 Å². The molecule has 0 bridgehead atoms. The predicted molar refractivity (Wildman–Crippen MR) is 145 cm³/mol. The molecule has 4 N–H and O–H groups in total. The third-order valence-electron chi connectivity index (χ3n) is 8.53. The summed E-state index contributed by atoms with van der Waals surface area (Å²) in [6.45, 7) is 11.7. The Hall–Kier alpha value is -3.39. The van der Waals surface area contributed by atoms with Gasteiger partial charge in [0.25, 0.3) is 5.91 Å². The molecule has 3 aliphatic rings. The lowest BCUT2D eigenvalue weighted by molar-refractivity contribution is -0.134. The van der Waals surface area contributed by atoms with Gasteiger partial charge in [-0.2, -0.15) is 0 Å². The fourth-order valence-electron chi connectivity index (χ4n) is 6.01. The molecule has 4 atom stereocenters. The number of aliphatic hydroxyl groups is 1. The van der Waals surface area contributed by atoms with Gasteiger partial charge in [-0.1, -0.05) is 38.1 Å². The van der Waals surface area contributed by atoms with Crippen molar-refractivity contribution in [1.29, 1.82) is 5.41 Å². The van der Waals surface area contributed by atoms with Crippen molar-refractivity contribution in [1.82, 2.24) is 15.5 Å². The molecule has 2 aromatic rings. The van der Waals surface area contributed by atoms with E-state index in [-0.39, 0.29) is 30.1 Å². The van der Waals surface area contributed by atoms with Crippen LogP contribution >= 0.6 is 0 Å². The van der Waals surface area contributed by atoms with Crippen LogP contribution in [0.25, 0.3) is 0 Å². The molecule has 0 spiro atoms. The van der Waals surface area contributed by atoms with E-state index in [4.69, 9.17) is 10.1 Å². The van der Waals surface area contributed by atoms with Crippen molar-refractivity contribution in [3.05, 3.63) is 64.7 Å². The maximum Gasteiger partial charge on any atom is 0.251 e. The standard InChI is InChI=1S/C30H38N4O4/c1-17(2)29(5)16-24(35)34(27(31)33-29)22-15-28(3,4)38-23-12-11-18(13-21(22)23)26(36)32-25-20-10-8-7-9-19(20)14-30(25,6)37/h7-13,17,22,25,37H,14-16H2,1-6H3,(H2,31,33)(H,32,36)/t22-,25-,29?,30?/m1/s1. The molecule has 8 nitrogen and oxygen atoms in total. The first-order valence-electron chi connectivity index (χ1n) is 13.3. The van der Waals surface area contributed by atoms with Crippen LogP contribution in [0.2, 0.25) is 0 Å². The summed E-state index contributed by atoms with van der Waals surface area (Å²) in [6, 6.07) is 12.0. The molecule has 2 aliphatic heterocycles. The van der Waals surface area contributed by atoms with E-state index >= 15 is 0 Å². The Balaban J connectivity index is 1.47. The van der Waals surface area contributed by atoms with Gasteiger partial charge >= 0.3 is 0 Å². The number of hydrogen-bond donors (Lipinski definition) is 4. The number of rotatable bonds is 4. The van der Waals surface area contributed by atoms with Crippen molar-refractivity contribution in [3.63, 3.8) is 0 Å². The van der Waals surface area contributed by atoms with Crippen molar-refractivity contribution < 1.29 is 19.4 Å². The van der Waals surface area contributed by atoms with Crippen LogP contribution in [0.15, 0.2) is 42.5 Å². The highest BCUT2D eigenvalue weighted by molar-refractivity contribution is 6.00. The molecule has 2 heterocycles. The van der Waals surface area contributed by atoms with E-state index in [1.165, 1.54) is 4.90 Å². The highest BCUT2D eigenvalue weighted by Crippen LogP contribution is 2.45. The zero-order valence-corrected chi connectivity index (χ0v) is 23.0. The van der Waals surface area contributed by atoms with Crippen molar-refractivity contribution >= 4 is 17.8 Å². The van der Waals surface area contributed by atoms with Crippen LogP contribution in [0.3, 0.4) is 0 Å². The first-order valence-corrected chi connectivity index (χ1v) is 13.3. The topological polar surface area (TPSA) is 115 Å². The second kappa shape index (κ2) is 8.83. The third kappa shape index (κ3) is 4.45. The molecule has 1 saturated heterocycles. The number of carbonyl (C=O) groups excluding carboxylic acids is 2. The Morgan fingerprint density at radius 1 is 1.13 bits per heavy atom. The number of nitrogens with one attached hydrogen (secondary N) is 3. The lowest BCUT2D eigenvalue weighted by atomic mass is 9.81. The first-order chi connectivity index (χ1) is 17.7. The number of carbonyl (C=O) groups is 2. The minimum absolute atomic E-state index is 0.0690. The summed E-state index contributed by atoms with van der Waals surface area (Å²) in [5, 5.41) is 26.1. The monoisotopic (exact) mass is 518 g/mol. The summed E-state index contributed by atoms with van der Waals surface area (Å²) in [7, 11) is 0. The normalized spacial score (nSPS) is 29.8. The average molecular weight is 519 g/mol. The van der Waals surface area contributed by atoms with E-state index in [0.717, 1.165) is 11.1 Å². The van der Waals surface area contributed by atoms with Crippen molar-refractivity contribution in [3.8, 4) is 5.75 Å². The zero-order valence-electron chi connectivity index (χ0n) is 23.0. The van der Waals surface area contributed by atoms with Gasteiger partial charge in [0.05, 0.1) is 24.1 Å². The van der Waals surface area contributed by atoms with E-state index in [1.807, 2.05) is 58.9 Å². The summed E-state index contributed by atoms with van der Waals surface area (Å²) in [5.74, 6) is 0.398. The summed E-state index contributed by atoms with van der Waals surface area (Å²) in [6.07, 6.45) is 1.21. The molecule has 5 rings (SSSR count). The van der Waals surface area contributed by atoms with Gasteiger partial charge < -0.3 is 20.5 Å². The lowest BCUT2D eigenvalue weighted by Gasteiger charge is -2.48. The molecule has 8 heteroatoms. The molecule has 0 aromatic heterocycles. The van der Waals surface area contributed by atoms with E-state index in [2.05, 4.69) is 10.6 Å². The summed E-state index contributed by atoms with van der Waals surface area (Å²) >= 11 is 0. The molecule has 2 unspecified atom stereocenters. The Morgan fingerprint density at radius 3 is 2.53 bits per heavy atom. The number of ether oxygens (including phenoxy) is 1. The molecule has 202 valence electrons. The van der Waals surface area contributed by atoms with E-state index in [9.17, 15) is 14.7 Å². The van der Waals surface area contributed by atoms with E-state index in [1.54, 1.807) is 25.1 Å². The van der Waals surface area contributed by atoms with Crippen LogP contribution in [-0.4, -0.2) is 44.5 Å². The quantitative estimate of drug-likeness (QED) is 0.483. The average Bonchev–Trinajstić information content (AvgIpc) is 3.06. The Kier molecular flexibility index (Phi) is 6.10. The maximum atomic E-state index is 13.5. The van der Waals surface area contributed by atoms with Gasteiger partial charge in [-0.25, -0.2) is 0 Å². The number of benzene rings is 2. The van der Waals surface area contributed by atoms with Crippen molar-refractivity contribution in [2.75, 3.05) is 0 Å². The van der Waals surface area contributed by atoms with E-state index in [0.29, 0.717) is 29.7 Å². The smallest absolute Gasteiger partial charge is 0.251 e. The van der Waals surface area contributed by atoms with Crippen LogP contribution < -0.4 is 15.4 Å². The predicted octanol–water partition coefficient (Wildman–Crippen LogP) is 4.24. The largest absolute Gasteiger partial charge is 0.487 e. The van der Waals surface area contributed by atoms with Gasteiger partial charge in [-0.05, 0) is 62.9 Å². The number of nitrogens with zero attached hydrogens (tertiary/aromatic N) is 1. The van der Waals surface area contributed by atoms with Gasteiger partial charge in [0.1, 0.15) is 11.4 Å².